The molecular formula is C19H32O. The molecule has 114 valence electrons. The first kappa shape index (κ1) is 13.6. The highest BCUT2D eigenvalue weighted by Crippen LogP contribution is 2.61. The lowest BCUT2D eigenvalue weighted by Crippen LogP contribution is -2.46. The summed E-state index contributed by atoms with van der Waals surface area (Å²) in [5, 5.41) is 0. The van der Waals surface area contributed by atoms with E-state index in [4.69, 9.17) is 4.74 Å². The van der Waals surface area contributed by atoms with Gasteiger partial charge in [-0.3, -0.25) is 0 Å². The highest BCUT2D eigenvalue weighted by atomic mass is 16.5. The standard InChI is InChI=1S/C19H32O/c1-2-5-18(6-3-1)20-8-4-7-19-12-15-9-16(13-19)11-17(10-15)14-19/h15-18H,1-14H2. The third-order valence-corrected chi connectivity index (χ3v) is 6.92. The highest BCUT2D eigenvalue weighted by molar-refractivity contribution is 5.01. The van der Waals surface area contributed by atoms with E-state index in [-0.39, 0.29) is 0 Å². The van der Waals surface area contributed by atoms with Crippen LogP contribution in [-0.2, 0) is 4.74 Å². The van der Waals surface area contributed by atoms with Crippen molar-refractivity contribution < 1.29 is 4.74 Å². The second kappa shape index (κ2) is 5.63. The Kier molecular flexibility index (Phi) is 3.83. The molecule has 0 spiro atoms. The van der Waals surface area contributed by atoms with Crippen LogP contribution in [0.15, 0.2) is 0 Å². The molecule has 1 nitrogen and oxygen atoms in total. The van der Waals surface area contributed by atoms with Crippen LogP contribution in [0.25, 0.3) is 0 Å². The zero-order valence-corrected chi connectivity index (χ0v) is 13.1. The lowest BCUT2D eigenvalue weighted by molar-refractivity contribution is -0.0638. The molecular weight excluding hydrogens is 244 g/mol. The molecule has 1 heteroatoms. The minimum Gasteiger partial charge on any atom is -0.378 e. The lowest BCUT2D eigenvalue weighted by atomic mass is 9.48. The summed E-state index contributed by atoms with van der Waals surface area (Å²) in [6.45, 7) is 1.05. The van der Waals surface area contributed by atoms with E-state index in [2.05, 4.69) is 0 Å². The van der Waals surface area contributed by atoms with Crippen molar-refractivity contribution in [2.75, 3.05) is 6.61 Å². The summed E-state index contributed by atoms with van der Waals surface area (Å²) in [7, 11) is 0. The Balaban J connectivity index is 1.23. The SMILES string of the molecule is C1CCC(OCCCC23CC4CC(CC(C4)C2)C3)CC1. The van der Waals surface area contributed by atoms with Crippen molar-refractivity contribution in [2.24, 2.45) is 23.2 Å². The van der Waals surface area contributed by atoms with E-state index >= 15 is 0 Å². The third-order valence-electron chi connectivity index (χ3n) is 6.92. The van der Waals surface area contributed by atoms with E-state index in [9.17, 15) is 0 Å². The average Bonchev–Trinajstić information content (AvgIpc) is 2.43. The zero-order chi connectivity index (χ0) is 13.4. The number of rotatable bonds is 5. The van der Waals surface area contributed by atoms with Crippen LogP contribution in [0.3, 0.4) is 0 Å². The Bertz CT molecular complexity index is 293. The summed E-state index contributed by atoms with van der Waals surface area (Å²) in [4.78, 5) is 0. The van der Waals surface area contributed by atoms with Gasteiger partial charge in [-0.15, -0.1) is 0 Å². The van der Waals surface area contributed by atoms with Crippen LogP contribution in [-0.4, -0.2) is 12.7 Å². The van der Waals surface area contributed by atoms with Crippen LogP contribution >= 0.6 is 0 Å². The smallest absolute Gasteiger partial charge is 0.0575 e. The van der Waals surface area contributed by atoms with E-state index in [0.717, 1.165) is 29.8 Å². The molecule has 5 saturated carbocycles. The molecule has 0 aromatic carbocycles. The molecule has 0 atom stereocenters. The fraction of sp³-hybridized carbons (Fsp3) is 1.00. The molecule has 0 heterocycles. The molecule has 5 fully saturated rings. The van der Waals surface area contributed by atoms with Crippen molar-refractivity contribution in [2.45, 2.75) is 89.6 Å². The van der Waals surface area contributed by atoms with Crippen molar-refractivity contribution in [3.05, 3.63) is 0 Å². The van der Waals surface area contributed by atoms with Gasteiger partial charge in [-0.25, -0.2) is 0 Å². The summed E-state index contributed by atoms with van der Waals surface area (Å²) >= 11 is 0. The second-order valence-electron chi connectivity index (χ2n) is 8.65. The Morgan fingerprint density at radius 3 is 2.00 bits per heavy atom. The van der Waals surface area contributed by atoms with E-state index in [0.29, 0.717) is 6.10 Å². The first-order chi connectivity index (χ1) is 9.81. The largest absolute Gasteiger partial charge is 0.378 e. The van der Waals surface area contributed by atoms with Gasteiger partial charge in [0.1, 0.15) is 0 Å². The summed E-state index contributed by atoms with van der Waals surface area (Å²) in [5.41, 5.74) is 0.769. The third kappa shape index (κ3) is 2.80. The molecule has 5 aliphatic carbocycles. The Morgan fingerprint density at radius 2 is 1.40 bits per heavy atom. The zero-order valence-electron chi connectivity index (χ0n) is 13.1. The van der Waals surface area contributed by atoms with Gasteiger partial charge >= 0.3 is 0 Å². The number of hydrogen-bond donors (Lipinski definition) is 0. The fourth-order valence-electron chi connectivity index (χ4n) is 6.53. The lowest BCUT2D eigenvalue weighted by Gasteiger charge is -2.57. The molecule has 0 N–H and O–H groups in total. The molecule has 4 bridgehead atoms. The molecule has 20 heavy (non-hydrogen) atoms. The summed E-state index contributed by atoms with van der Waals surface area (Å²) in [6.07, 6.45) is 19.8. The van der Waals surface area contributed by atoms with Crippen molar-refractivity contribution >= 4 is 0 Å². The van der Waals surface area contributed by atoms with Gasteiger partial charge in [-0.2, -0.15) is 0 Å². The van der Waals surface area contributed by atoms with Crippen molar-refractivity contribution in [1.82, 2.24) is 0 Å². The predicted octanol–water partition coefficient (Wildman–Crippen LogP) is 5.33. The Hall–Kier alpha value is -0.0400. The van der Waals surface area contributed by atoms with Crippen molar-refractivity contribution in [3.63, 3.8) is 0 Å². The summed E-state index contributed by atoms with van der Waals surface area (Å²) < 4.78 is 6.15. The Labute approximate surface area is 124 Å². The number of ether oxygens (including phenoxy) is 1. The van der Waals surface area contributed by atoms with E-state index in [1.807, 2.05) is 0 Å². The monoisotopic (exact) mass is 276 g/mol. The maximum absolute atomic E-state index is 6.15. The van der Waals surface area contributed by atoms with Gasteiger partial charge in [0.05, 0.1) is 6.10 Å². The van der Waals surface area contributed by atoms with E-state index < -0.39 is 0 Å². The predicted molar refractivity (Wildman–Crippen MR) is 82.7 cm³/mol. The molecule has 0 unspecified atom stereocenters. The topological polar surface area (TPSA) is 9.23 Å². The van der Waals surface area contributed by atoms with E-state index in [1.54, 1.807) is 38.5 Å². The van der Waals surface area contributed by atoms with Crippen LogP contribution in [0, 0.1) is 23.2 Å². The summed E-state index contributed by atoms with van der Waals surface area (Å²) in [6, 6.07) is 0. The first-order valence-electron chi connectivity index (χ1n) is 9.43. The number of hydrogen-bond acceptors (Lipinski definition) is 1. The molecule has 5 aliphatic rings. The molecule has 0 aromatic rings. The molecule has 0 saturated heterocycles. The van der Waals surface area contributed by atoms with E-state index in [1.165, 1.54) is 44.9 Å². The van der Waals surface area contributed by atoms with Gasteiger partial charge in [-0.1, -0.05) is 19.3 Å². The molecule has 0 amide bonds. The van der Waals surface area contributed by atoms with Crippen molar-refractivity contribution in [3.8, 4) is 0 Å². The van der Waals surface area contributed by atoms with Gasteiger partial charge in [0.2, 0.25) is 0 Å². The van der Waals surface area contributed by atoms with Crippen LogP contribution in [0.5, 0.6) is 0 Å². The maximum atomic E-state index is 6.15. The quantitative estimate of drug-likeness (QED) is 0.616. The molecule has 0 aliphatic heterocycles. The highest BCUT2D eigenvalue weighted by Gasteiger charge is 2.50. The first-order valence-corrected chi connectivity index (χ1v) is 9.43. The second-order valence-corrected chi connectivity index (χ2v) is 8.65. The van der Waals surface area contributed by atoms with Gasteiger partial charge in [-0.05, 0) is 87.4 Å². The summed E-state index contributed by atoms with van der Waals surface area (Å²) in [5.74, 6) is 3.33. The minimum atomic E-state index is 0.611. The molecule has 5 rings (SSSR count). The Morgan fingerprint density at radius 1 is 0.800 bits per heavy atom. The molecule has 0 aromatic heterocycles. The van der Waals surface area contributed by atoms with Gasteiger partial charge < -0.3 is 4.74 Å². The average molecular weight is 276 g/mol. The van der Waals surface area contributed by atoms with Crippen LogP contribution in [0.2, 0.25) is 0 Å². The fourth-order valence-corrected chi connectivity index (χ4v) is 6.53. The van der Waals surface area contributed by atoms with Crippen LogP contribution in [0.4, 0.5) is 0 Å². The van der Waals surface area contributed by atoms with Crippen molar-refractivity contribution in [1.29, 1.82) is 0 Å². The maximum Gasteiger partial charge on any atom is 0.0575 e. The van der Waals surface area contributed by atoms with Gasteiger partial charge in [0.15, 0.2) is 0 Å². The normalized spacial score (nSPS) is 44.1. The minimum absolute atomic E-state index is 0.611. The van der Waals surface area contributed by atoms with Crippen LogP contribution < -0.4 is 0 Å². The molecule has 0 radical (unpaired) electrons. The van der Waals surface area contributed by atoms with Gasteiger partial charge in [0, 0.05) is 6.61 Å². The van der Waals surface area contributed by atoms with Gasteiger partial charge in [0.25, 0.3) is 0 Å². The van der Waals surface area contributed by atoms with Crippen LogP contribution in [0.1, 0.15) is 83.5 Å².